The summed E-state index contributed by atoms with van der Waals surface area (Å²) in [5.41, 5.74) is 11.2. The number of aromatic nitrogens is 2. The topological polar surface area (TPSA) is 124 Å². The predicted molar refractivity (Wildman–Crippen MR) is 159 cm³/mol. The molecular formula is C31H32N4O4S. The van der Waals surface area contributed by atoms with Crippen molar-refractivity contribution >= 4 is 29.9 Å². The molecule has 0 bridgehead atoms. The molecule has 0 aliphatic rings. The fraction of sp³-hybridized carbons (Fsp3) is 0.194. The molecule has 2 aromatic heterocycles. The van der Waals surface area contributed by atoms with Crippen LogP contribution < -0.4 is 11.1 Å². The van der Waals surface area contributed by atoms with E-state index in [0.29, 0.717) is 24.1 Å². The summed E-state index contributed by atoms with van der Waals surface area (Å²) in [5, 5.41) is 2.85. The number of carbonyl (C=O) groups is 3. The molecule has 0 aliphatic carbocycles. The van der Waals surface area contributed by atoms with Crippen LogP contribution in [0.2, 0.25) is 0 Å². The van der Waals surface area contributed by atoms with Crippen molar-refractivity contribution in [3.8, 4) is 22.4 Å². The van der Waals surface area contributed by atoms with Crippen LogP contribution in [0.5, 0.6) is 0 Å². The number of nitrogens with one attached hydrogen (secondary N) is 1. The summed E-state index contributed by atoms with van der Waals surface area (Å²) in [4.78, 5) is 43.6. The van der Waals surface area contributed by atoms with Crippen LogP contribution in [0.4, 0.5) is 0 Å². The van der Waals surface area contributed by atoms with Crippen LogP contribution in [0.25, 0.3) is 22.4 Å². The number of pyridine rings is 2. The molecule has 8 nitrogen and oxygen atoms in total. The molecular weight excluding hydrogens is 524 g/mol. The standard InChI is InChI=1S/C25H27N3O3S.C6H5NO/c1-31-25(30)22(12-14-32-2)28-24(29)20-11-10-18(23-19(16-26)9-6-13-27-23)15-21(20)17-7-4-3-5-8-17;8-5-6-2-1-3-7-4-6/h3-11,13,15,22H,12,14,16,26H2,1-2H3,(H,28,29);1-5H/t22-;/m0./s1. The van der Waals surface area contributed by atoms with Gasteiger partial charge in [-0.2, -0.15) is 11.8 Å². The molecule has 206 valence electrons. The van der Waals surface area contributed by atoms with Crippen LogP contribution in [0.3, 0.4) is 0 Å². The van der Waals surface area contributed by atoms with Crippen LogP contribution in [0.15, 0.2) is 91.4 Å². The zero-order valence-corrected chi connectivity index (χ0v) is 23.3. The largest absolute Gasteiger partial charge is 0.467 e. The lowest BCUT2D eigenvalue weighted by Gasteiger charge is -2.18. The lowest BCUT2D eigenvalue weighted by atomic mass is 9.94. The maximum Gasteiger partial charge on any atom is 0.328 e. The molecule has 0 aliphatic heterocycles. The second kappa shape index (κ2) is 15.9. The fourth-order valence-corrected chi connectivity index (χ4v) is 4.39. The third-order valence-corrected chi connectivity index (χ3v) is 6.60. The Hall–Kier alpha value is -4.34. The van der Waals surface area contributed by atoms with Gasteiger partial charge in [0.05, 0.1) is 12.8 Å². The van der Waals surface area contributed by atoms with Gasteiger partial charge in [-0.3, -0.25) is 19.6 Å². The maximum atomic E-state index is 13.2. The van der Waals surface area contributed by atoms with Gasteiger partial charge in [0.25, 0.3) is 5.91 Å². The Labute approximate surface area is 238 Å². The van der Waals surface area contributed by atoms with Gasteiger partial charge in [-0.1, -0.05) is 42.5 Å². The lowest BCUT2D eigenvalue weighted by Crippen LogP contribution is -2.42. The van der Waals surface area contributed by atoms with E-state index in [-0.39, 0.29) is 5.91 Å². The van der Waals surface area contributed by atoms with Crippen molar-refractivity contribution in [3.05, 3.63) is 108 Å². The summed E-state index contributed by atoms with van der Waals surface area (Å²) in [5.74, 6) is -0.0511. The lowest BCUT2D eigenvalue weighted by molar-refractivity contribution is -0.142. The van der Waals surface area contributed by atoms with E-state index in [4.69, 9.17) is 10.5 Å². The first-order chi connectivity index (χ1) is 19.5. The van der Waals surface area contributed by atoms with E-state index in [1.54, 1.807) is 42.4 Å². The zero-order valence-electron chi connectivity index (χ0n) is 22.4. The second-order valence-electron chi connectivity index (χ2n) is 8.58. The summed E-state index contributed by atoms with van der Waals surface area (Å²) in [6.07, 6.45) is 8.10. The van der Waals surface area contributed by atoms with Crippen molar-refractivity contribution in [1.82, 2.24) is 15.3 Å². The van der Waals surface area contributed by atoms with Gasteiger partial charge >= 0.3 is 5.97 Å². The van der Waals surface area contributed by atoms with E-state index in [1.165, 1.54) is 13.3 Å². The van der Waals surface area contributed by atoms with Gasteiger partial charge < -0.3 is 15.8 Å². The van der Waals surface area contributed by atoms with E-state index >= 15 is 0 Å². The van der Waals surface area contributed by atoms with Gasteiger partial charge in [0, 0.05) is 41.8 Å². The Morgan fingerprint density at radius 2 is 1.80 bits per heavy atom. The molecule has 4 rings (SSSR count). The summed E-state index contributed by atoms with van der Waals surface area (Å²) < 4.78 is 4.88. The average molecular weight is 557 g/mol. The van der Waals surface area contributed by atoms with Gasteiger partial charge in [-0.05, 0) is 65.5 Å². The fourth-order valence-electron chi connectivity index (χ4n) is 3.92. The summed E-state index contributed by atoms with van der Waals surface area (Å²) in [7, 11) is 1.33. The summed E-state index contributed by atoms with van der Waals surface area (Å²) >= 11 is 1.61. The smallest absolute Gasteiger partial charge is 0.328 e. The number of benzene rings is 2. The van der Waals surface area contributed by atoms with Gasteiger partial charge in [0.1, 0.15) is 6.04 Å². The molecule has 0 saturated heterocycles. The Balaban J connectivity index is 0.000000472. The van der Waals surface area contributed by atoms with Gasteiger partial charge in [0.2, 0.25) is 0 Å². The van der Waals surface area contributed by atoms with Crippen LogP contribution in [-0.4, -0.2) is 53.3 Å². The average Bonchev–Trinajstić information content (AvgIpc) is 3.03. The highest BCUT2D eigenvalue weighted by molar-refractivity contribution is 7.98. The monoisotopic (exact) mass is 556 g/mol. The van der Waals surface area contributed by atoms with E-state index in [2.05, 4.69) is 15.3 Å². The molecule has 2 heterocycles. The number of ether oxygens (including phenoxy) is 1. The molecule has 3 N–H and O–H groups in total. The molecule has 1 atom stereocenters. The molecule has 0 spiro atoms. The molecule has 0 fully saturated rings. The van der Waals surface area contributed by atoms with Crippen molar-refractivity contribution in [2.45, 2.75) is 19.0 Å². The quantitative estimate of drug-likeness (QED) is 0.211. The maximum absolute atomic E-state index is 13.2. The summed E-state index contributed by atoms with van der Waals surface area (Å²) in [6, 6.07) is 21.8. The van der Waals surface area contributed by atoms with Crippen LogP contribution in [-0.2, 0) is 16.1 Å². The van der Waals surface area contributed by atoms with Gasteiger partial charge in [-0.25, -0.2) is 4.79 Å². The number of rotatable bonds is 10. The van der Waals surface area contributed by atoms with Crippen molar-refractivity contribution in [3.63, 3.8) is 0 Å². The van der Waals surface area contributed by atoms with Crippen molar-refractivity contribution in [2.24, 2.45) is 5.73 Å². The van der Waals surface area contributed by atoms with Crippen molar-refractivity contribution in [2.75, 3.05) is 19.1 Å². The van der Waals surface area contributed by atoms with E-state index in [9.17, 15) is 14.4 Å². The number of thioether (sulfide) groups is 1. The third kappa shape index (κ3) is 8.33. The first-order valence-electron chi connectivity index (χ1n) is 12.6. The molecule has 0 radical (unpaired) electrons. The number of nitrogens with two attached hydrogens (primary N) is 1. The number of hydrogen-bond donors (Lipinski definition) is 2. The molecule has 0 saturated carbocycles. The Bertz CT molecular complexity index is 1400. The molecule has 1 amide bonds. The molecule has 40 heavy (non-hydrogen) atoms. The highest BCUT2D eigenvalue weighted by Gasteiger charge is 2.24. The normalized spacial score (nSPS) is 11.0. The highest BCUT2D eigenvalue weighted by Crippen LogP contribution is 2.30. The number of carbonyl (C=O) groups excluding carboxylic acids is 3. The highest BCUT2D eigenvalue weighted by atomic mass is 32.2. The zero-order chi connectivity index (χ0) is 28.7. The number of hydrogen-bond acceptors (Lipinski definition) is 8. The molecule has 0 unspecified atom stereocenters. The first kappa shape index (κ1) is 30.2. The SMILES string of the molecule is COC(=O)[C@H](CCSC)NC(=O)c1ccc(-c2ncccc2CN)cc1-c1ccccc1.O=Cc1cccnc1. The number of esters is 1. The van der Waals surface area contributed by atoms with Crippen LogP contribution in [0, 0.1) is 0 Å². The number of methoxy groups -OCH3 is 1. The number of amides is 1. The minimum Gasteiger partial charge on any atom is -0.467 e. The molecule has 2 aromatic carbocycles. The Kier molecular flexibility index (Phi) is 12.0. The Morgan fingerprint density at radius 3 is 2.42 bits per heavy atom. The first-order valence-corrected chi connectivity index (χ1v) is 14.0. The molecule has 9 heteroatoms. The van der Waals surface area contributed by atoms with E-state index in [1.807, 2.05) is 60.9 Å². The predicted octanol–water partition coefficient (Wildman–Crippen LogP) is 4.79. The number of nitrogens with zero attached hydrogens (tertiary/aromatic N) is 2. The molecule has 4 aromatic rings. The van der Waals surface area contributed by atoms with Gasteiger partial charge in [0.15, 0.2) is 6.29 Å². The van der Waals surface area contributed by atoms with E-state index < -0.39 is 12.0 Å². The van der Waals surface area contributed by atoms with Crippen LogP contribution in [0.1, 0.15) is 32.7 Å². The third-order valence-electron chi connectivity index (χ3n) is 5.96. The summed E-state index contributed by atoms with van der Waals surface area (Å²) in [6.45, 7) is 0.363. The minimum absolute atomic E-state index is 0.327. The van der Waals surface area contributed by atoms with Crippen molar-refractivity contribution < 1.29 is 19.1 Å². The second-order valence-corrected chi connectivity index (χ2v) is 9.56. The van der Waals surface area contributed by atoms with Crippen molar-refractivity contribution in [1.29, 1.82) is 0 Å². The Morgan fingerprint density at radius 1 is 1.02 bits per heavy atom. The minimum atomic E-state index is -0.706. The van der Waals surface area contributed by atoms with E-state index in [0.717, 1.165) is 40.0 Å². The number of aldehydes is 1. The van der Waals surface area contributed by atoms with Gasteiger partial charge in [-0.15, -0.1) is 0 Å². The van der Waals surface area contributed by atoms with Crippen LogP contribution >= 0.6 is 11.8 Å².